The smallest absolute Gasteiger partial charge is 0.259 e. The van der Waals surface area contributed by atoms with Gasteiger partial charge < -0.3 is 4.90 Å². The highest BCUT2D eigenvalue weighted by Crippen LogP contribution is 2.16. The molecule has 0 radical (unpaired) electrons. The minimum Gasteiger partial charge on any atom is -0.330 e. The summed E-state index contributed by atoms with van der Waals surface area (Å²) in [6.07, 6.45) is 1.94. The van der Waals surface area contributed by atoms with Crippen molar-refractivity contribution >= 4 is 27.5 Å². The summed E-state index contributed by atoms with van der Waals surface area (Å²) in [6, 6.07) is -0.332. The monoisotopic (exact) mass is 346 g/mol. The van der Waals surface area contributed by atoms with E-state index in [-0.39, 0.29) is 11.6 Å². The molecule has 108 valence electrons. The second kappa shape index (κ2) is 5.82. The molecule has 2 heterocycles. The standard InChI is InChI=1S/C12H13BrF2N4O/c1-7(2)18(6-10(14)15)12(20)9-4-17-19-5-8(13)3-16-11(9)19/h3-5,7,10H,6H2,1-2H3. The van der Waals surface area contributed by atoms with E-state index in [1.807, 2.05) is 0 Å². The zero-order chi connectivity index (χ0) is 14.9. The Kier molecular flexibility index (Phi) is 4.32. The lowest BCUT2D eigenvalue weighted by molar-refractivity contribution is 0.0477. The Hall–Kier alpha value is -1.57. The van der Waals surface area contributed by atoms with Crippen molar-refractivity contribution in [1.29, 1.82) is 0 Å². The molecule has 0 spiro atoms. The number of amides is 1. The zero-order valence-corrected chi connectivity index (χ0v) is 12.5. The van der Waals surface area contributed by atoms with Crippen molar-refractivity contribution in [2.75, 3.05) is 6.54 Å². The molecule has 1 amide bonds. The number of halogens is 3. The van der Waals surface area contributed by atoms with Gasteiger partial charge in [0.2, 0.25) is 0 Å². The fourth-order valence-corrected chi connectivity index (χ4v) is 2.13. The van der Waals surface area contributed by atoms with Gasteiger partial charge in [0.1, 0.15) is 5.56 Å². The van der Waals surface area contributed by atoms with E-state index in [4.69, 9.17) is 0 Å². The van der Waals surface area contributed by atoms with Crippen molar-refractivity contribution in [2.24, 2.45) is 0 Å². The van der Waals surface area contributed by atoms with Crippen LogP contribution in [0.5, 0.6) is 0 Å². The molecule has 2 aromatic rings. The van der Waals surface area contributed by atoms with Crippen LogP contribution in [-0.2, 0) is 0 Å². The maximum atomic E-state index is 12.6. The van der Waals surface area contributed by atoms with E-state index in [1.54, 1.807) is 20.0 Å². The van der Waals surface area contributed by atoms with Crippen molar-refractivity contribution in [3.8, 4) is 0 Å². The fraction of sp³-hybridized carbons (Fsp3) is 0.417. The summed E-state index contributed by atoms with van der Waals surface area (Å²) in [6.45, 7) is 2.77. The molecule has 0 fully saturated rings. The van der Waals surface area contributed by atoms with Crippen LogP contribution in [0.25, 0.3) is 5.65 Å². The molecule has 0 saturated heterocycles. The number of alkyl halides is 2. The van der Waals surface area contributed by atoms with Crippen molar-refractivity contribution in [2.45, 2.75) is 26.3 Å². The number of nitrogens with zero attached hydrogens (tertiary/aromatic N) is 4. The number of aromatic nitrogens is 3. The number of carbonyl (C=O) groups excluding carboxylic acids is 1. The first-order valence-electron chi connectivity index (χ1n) is 5.98. The van der Waals surface area contributed by atoms with Crippen molar-refractivity contribution in [1.82, 2.24) is 19.5 Å². The first kappa shape index (κ1) is 14.8. The van der Waals surface area contributed by atoms with Gasteiger partial charge in [0, 0.05) is 18.4 Å². The van der Waals surface area contributed by atoms with Gasteiger partial charge in [-0.3, -0.25) is 4.79 Å². The van der Waals surface area contributed by atoms with E-state index in [1.165, 1.54) is 16.9 Å². The lowest BCUT2D eigenvalue weighted by atomic mass is 10.2. The van der Waals surface area contributed by atoms with E-state index < -0.39 is 18.9 Å². The Bertz CT molecular complexity index is 629. The second-order valence-corrected chi connectivity index (χ2v) is 5.46. The van der Waals surface area contributed by atoms with Gasteiger partial charge in [-0.25, -0.2) is 18.3 Å². The highest BCUT2D eigenvalue weighted by atomic mass is 79.9. The van der Waals surface area contributed by atoms with Gasteiger partial charge in [-0.2, -0.15) is 5.10 Å². The van der Waals surface area contributed by atoms with E-state index in [2.05, 4.69) is 26.0 Å². The third-order valence-electron chi connectivity index (χ3n) is 2.77. The Morgan fingerprint density at radius 2 is 2.15 bits per heavy atom. The van der Waals surface area contributed by atoms with Gasteiger partial charge in [0.15, 0.2) is 5.65 Å². The van der Waals surface area contributed by atoms with Crippen LogP contribution in [0.15, 0.2) is 23.1 Å². The van der Waals surface area contributed by atoms with Crippen LogP contribution in [0.1, 0.15) is 24.2 Å². The largest absolute Gasteiger partial charge is 0.330 e. The van der Waals surface area contributed by atoms with Crippen molar-refractivity contribution in [3.63, 3.8) is 0 Å². The Morgan fingerprint density at radius 3 is 2.75 bits per heavy atom. The maximum absolute atomic E-state index is 12.6. The predicted octanol–water partition coefficient (Wildman–Crippen LogP) is 2.61. The van der Waals surface area contributed by atoms with Crippen LogP contribution >= 0.6 is 15.9 Å². The summed E-state index contributed by atoms with van der Waals surface area (Å²) < 4.78 is 27.3. The molecular formula is C12H13BrF2N4O. The number of hydrogen-bond acceptors (Lipinski definition) is 3. The molecule has 2 rings (SSSR count). The van der Waals surface area contributed by atoms with Gasteiger partial charge in [-0.15, -0.1) is 0 Å². The lowest BCUT2D eigenvalue weighted by Gasteiger charge is -2.25. The average Bonchev–Trinajstić information content (AvgIpc) is 2.77. The van der Waals surface area contributed by atoms with Crippen LogP contribution in [0.3, 0.4) is 0 Å². The highest BCUT2D eigenvalue weighted by molar-refractivity contribution is 9.10. The predicted molar refractivity (Wildman–Crippen MR) is 72.9 cm³/mol. The summed E-state index contributed by atoms with van der Waals surface area (Å²) in [5.41, 5.74) is 0.560. The quantitative estimate of drug-likeness (QED) is 0.854. The maximum Gasteiger partial charge on any atom is 0.259 e. The summed E-state index contributed by atoms with van der Waals surface area (Å²) in [5, 5.41) is 4.01. The highest BCUT2D eigenvalue weighted by Gasteiger charge is 2.25. The Morgan fingerprint density at radius 1 is 1.45 bits per heavy atom. The molecule has 0 saturated carbocycles. The van der Waals surface area contributed by atoms with E-state index in [0.717, 1.165) is 4.90 Å². The van der Waals surface area contributed by atoms with Gasteiger partial charge in [-0.05, 0) is 29.8 Å². The van der Waals surface area contributed by atoms with Gasteiger partial charge >= 0.3 is 0 Å². The van der Waals surface area contributed by atoms with Crippen LogP contribution in [0.2, 0.25) is 0 Å². The minimum absolute atomic E-state index is 0.215. The van der Waals surface area contributed by atoms with Gasteiger partial charge in [0.25, 0.3) is 12.3 Å². The number of carbonyl (C=O) groups is 1. The number of hydrogen-bond donors (Lipinski definition) is 0. The molecule has 0 N–H and O–H groups in total. The number of rotatable bonds is 4. The molecule has 0 aliphatic carbocycles. The Balaban J connectivity index is 2.38. The third-order valence-corrected chi connectivity index (χ3v) is 3.18. The zero-order valence-electron chi connectivity index (χ0n) is 10.9. The third kappa shape index (κ3) is 2.95. The second-order valence-electron chi connectivity index (χ2n) is 4.54. The molecule has 8 heteroatoms. The van der Waals surface area contributed by atoms with E-state index in [9.17, 15) is 13.6 Å². The molecule has 0 aliphatic rings. The minimum atomic E-state index is -2.58. The first-order valence-corrected chi connectivity index (χ1v) is 6.77. The van der Waals surface area contributed by atoms with Crippen LogP contribution in [-0.4, -0.2) is 44.4 Å². The molecular weight excluding hydrogens is 334 g/mol. The van der Waals surface area contributed by atoms with Crippen LogP contribution < -0.4 is 0 Å². The molecule has 0 bridgehead atoms. The normalized spacial score (nSPS) is 11.6. The first-order chi connectivity index (χ1) is 9.40. The number of fused-ring (bicyclic) bond motifs is 1. The van der Waals surface area contributed by atoms with Crippen molar-refractivity contribution in [3.05, 3.63) is 28.6 Å². The molecule has 0 atom stereocenters. The van der Waals surface area contributed by atoms with E-state index in [0.29, 0.717) is 10.1 Å². The summed E-state index contributed by atoms with van der Waals surface area (Å²) in [4.78, 5) is 17.6. The molecule has 2 aromatic heterocycles. The van der Waals surface area contributed by atoms with Crippen LogP contribution in [0.4, 0.5) is 8.78 Å². The van der Waals surface area contributed by atoms with E-state index >= 15 is 0 Å². The summed E-state index contributed by atoms with van der Waals surface area (Å²) >= 11 is 3.25. The average molecular weight is 347 g/mol. The SMILES string of the molecule is CC(C)N(CC(F)F)C(=O)c1cnn2cc(Br)cnc12. The topological polar surface area (TPSA) is 50.5 Å². The molecule has 0 aliphatic heterocycles. The molecule has 0 unspecified atom stereocenters. The summed E-state index contributed by atoms with van der Waals surface area (Å²) in [7, 11) is 0. The fourth-order valence-electron chi connectivity index (χ4n) is 1.83. The lowest BCUT2D eigenvalue weighted by Crippen LogP contribution is -2.40. The van der Waals surface area contributed by atoms with Gasteiger partial charge in [-0.1, -0.05) is 0 Å². The van der Waals surface area contributed by atoms with Crippen molar-refractivity contribution < 1.29 is 13.6 Å². The molecule has 20 heavy (non-hydrogen) atoms. The summed E-state index contributed by atoms with van der Waals surface area (Å²) in [5.74, 6) is -0.495. The molecule has 0 aromatic carbocycles. The molecule has 5 nitrogen and oxygen atoms in total. The van der Waals surface area contributed by atoms with Gasteiger partial charge in [0.05, 0.1) is 17.2 Å². The Labute approximate surface area is 122 Å². The van der Waals surface area contributed by atoms with Crippen LogP contribution in [0, 0.1) is 0 Å².